The zero-order chi connectivity index (χ0) is 15.4. The van der Waals surface area contributed by atoms with E-state index in [-0.39, 0.29) is 6.04 Å². The zero-order valence-electron chi connectivity index (χ0n) is 12.4. The van der Waals surface area contributed by atoms with Crippen LogP contribution in [0.3, 0.4) is 0 Å². The maximum Gasteiger partial charge on any atom is 0.0982 e. The highest BCUT2D eigenvalue weighted by atomic mass is 32.1. The third-order valence-electron chi connectivity index (χ3n) is 3.53. The fraction of sp³-hybridized carbons (Fsp3) is 0.250. The number of thiophene rings is 1. The molecule has 0 fully saturated rings. The maximum atomic E-state index is 5.91. The van der Waals surface area contributed by atoms with E-state index in [2.05, 4.69) is 52.0 Å². The van der Waals surface area contributed by atoms with Gasteiger partial charge in [0.2, 0.25) is 0 Å². The van der Waals surface area contributed by atoms with Gasteiger partial charge in [0, 0.05) is 19.6 Å². The molecule has 22 heavy (non-hydrogen) atoms. The minimum Gasteiger partial charge on any atom is -0.373 e. The SMILES string of the molecule is Cn1nncc1-c1ccc(N[C@H](CN)Cc2ccccc2)s1. The monoisotopic (exact) mass is 313 g/mol. The average molecular weight is 313 g/mol. The molecular formula is C16H19N5S. The second-order valence-electron chi connectivity index (χ2n) is 5.17. The Morgan fingerprint density at radius 3 is 2.73 bits per heavy atom. The summed E-state index contributed by atoms with van der Waals surface area (Å²) in [5.41, 5.74) is 8.22. The lowest BCUT2D eigenvalue weighted by atomic mass is 10.1. The molecule has 1 aromatic carbocycles. The molecule has 3 aromatic rings. The molecule has 3 N–H and O–H groups in total. The molecule has 0 saturated heterocycles. The summed E-state index contributed by atoms with van der Waals surface area (Å²) in [4.78, 5) is 1.14. The number of nitrogens with two attached hydrogens (primary N) is 1. The quantitative estimate of drug-likeness (QED) is 0.734. The van der Waals surface area contributed by atoms with Crippen molar-refractivity contribution in [2.75, 3.05) is 11.9 Å². The molecule has 2 aromatic heterocycles. The van der Waals surface area contributed by atoms with Gasteiger partial charge in [-0.05, 0) is 24.1 Å². The van der Waals surface area contributed by atoms with E-state index in [9.17, 15) is 0 Å². The van der Waals surface area contributed by atoms with Crippen LogP contribution in [-0.4, -0.2) is 27.6 Å². The van der Waals surface area contributed by atoms with Gasteiger partial charge in [-0.1, -0.05) is 35.5 Å². The van der Waals surface area contributed by atoms with Crippen LogP contribution in [0.4, 0.5) is 5.00 Å². The summed E-state index contributed by atoms with van der Waals surface area (Å²) < 4.78 is 1.78. The summed E-state index contributed by atoms with van der Waals surface area (Å²) in [7, 11) is 1.90. The van der Waals surface area contributed by atoms with Crippen LogP contribution in [-0.2, 0) is 13.5 Å². The van der Waals surface area contributed by atoms with Crippen molar-refractivity contribution in [3.05, 3.63) is 54.2 Å². The van der Waals surface area contributed by atoms with Crippen molar-refractivity contribution in [3.63, 3.8) is 0 Å². The van der Waals surface area contributed by atoms with E-state index < -0.39 is 0 Å². The summed E-state index contributed by atoms with van der Waals surface area (Å²) in [6.45, 7) is 0.593. The summed E-state index contributed by atoms with van der Waals surface area (Å²) in [6, 6.07) is 14.8. The third-order valence-corrected chi connectivity index (χ3v) is 4.57. The number of anilines is 1. The number of aryl methyl sites for hydroxylation is 1. The minimum absolute atomic E-state index is 0.221. The van der Waals surface area contributed by atoms with Crippen LogP contribution in [0.1, 0.15) is 5.56 Å². The number of hydrogen-bond donors (Lipinski definition) is 2. The Morgan fingerprint density at radius 1 is 1.23 bits per heavy atom. The first-order chi connectivity index (χ1) is 10.8. The highest BCUT2D eigenvalue weighted by Gasteiger charge is 2.11. The van der Waals surface area contributed by atoms with Gasteiger partial charge in [0.05, 0.1) is 21.8 Å². The smallest absolute Gasteiger partial charge is 0.0982 e. The number of nitrogens with zero attached hydrogens (tertiary/aromatic N) is 3. The Bertz CT molecular complexity index is 719. The van der Waals surface area contributed by atoms with E-state index in [1.807, 2.05) is 13.1 Å². The largest absolute Gasteiger partial charge is 0.373 e. The first-order valence-electron chi connectivity index (χ1n) is 7.21. The van der Waals surface area contributed by atoms with Gasteiger partial charge in [-0.3, -0.25) is 0 Å². The first-order valence-corrected chi connectivity index (χ1v) is 8.03. The third kappa shape index (κ3) is 3.35. The molecule has 0 radical (unpaired) electrons. The van der Waals surface area contributed by atoms with Crippen LogP contribution < -0.4 is 11.1 Å². The van der Waals surface area contributed by atoms with E-state index in [0.29, 0.717) is 6.54 Å². The van der Waals surface area contributed by atoms with E-state index >= 15 is 0 Å². The predicted octanol–water partition coefficient (Wildman–Crippen LogP) is 2.53. The first kappa shape index (κ1) is 14.7. The number of aromatic nitrogens is 3. The van der Waals surface area contributed by atoms with Crippen LogP contribution in [0.5, 0.6) is 0 Å². The van der Waals surface area contributed by atoms with Crippen molar-refractivity contribution in [2.45, 2.75) is 12.5 Å². The standard InChI is InChI=1S/C16H19N5S/c1-21-14(11-18-20-21)15-7-8-16(22-15)19-13(10-17)9-12-5-3-2-4-6-12/h2-8,11,13,19H,9-10,17H2,1H3/t13-/m0/s1. The van der Waals surface area contributed by atoms with Gasteiger partial charge in [0.25, 0.3) is 0 Å². The van der Waals surface area contributed by atoms with Crippen LogP contribution >= 0.6 is 11.3 Å². The normalized spacial score (nSPS) is 12.3. The number of rotatable bonds is 6. The fourth-order valence-corrected chi connectivity index (χ4v) is 3.38. The Labute approximate surface area is 133 Å². The lowest BCUT2D eigenvalue weighted by Gasteiger charge is -2.16. The van der Waals surface area contributed by atoms with Crippen LogP contribution in [0.2, 0.25) is 0 Å². The van der Waals surface area contributed by atoms with E-state index in [1.54, 1.807) is 22.2 Å². The van der Waals surface area contributed by atoms with Gasteiger partial charge in [-0.2, -0.15) is 0 Å². The Kier molecular flexibility index (Phi) is 4.50. The molecule has 5 nitrogen and oxygen atoms in total. The highest BCUT2D eigenvalue weighted by Crippen LogP contribution is 2.31. The van der Waals surface area contributed by atoms with E-state index in [1.165, 1.54) is 5.56 Å². The molecule has 1 atom stereocenters. The van der Waals surface area contributed by atoms with Crippen molar-refractivity contribution < 1.29 is 0 Å². The van der Waals surface area contributed by atoms with Crippen molar-refractivity contribution in [1.29, 1.82) is 0 Å². The van der Waals surface area contributed by atoms with Gasteiger partial charge >= 0.3 is 0 Å². The van der Waals surface area contributed by atoms with Gasteiger partial charge in [-0.25, -0.2) is 4.68 Å². The second-order valence-corrected chi connectivity index (χ2v) is 6.26. The fourth-order valence-electron chi connectivity index (χ4n) is 2.36. The summed E-state index contributed by atoms with van der Waals surface area (Å²) in [5, 5.41) is 12.5. The van der Waals surface area contributed by atoms with Crippen LogP contribution in [0, 0.1) is 0 Å². The number of benzene rings is 1. The van der Waals surface area contributed by atoms with Crippen LogP contribution in [0.25, 0.3) is 10.6 Å². The Balaban J connectivity index is 1.69. The molecule has 0 aliphatic rings. The molecule has 0 unspecified atom stereocenters. The summed E-state index contributed by atoms with van der Waals surface area (Å²) >= 11 is 1.69. The van der Waals surface area contributed by atoms with Gasteiger partial charge in [-0.15, -0.1) is 16.4 Å². The molecule has 0 aliphatic heterocycles. The van der Waals surface area contributed by atoms with Crippen molar-refractivity contribution in [1.82, 2.24) is 15.0 Å². The van der Waals surface area contributed by atoms with Crippen molar-refractivity contribution in [2.24, 2.45) is 12.8 Å². The Morgan fingerprint density at radius 2 is 2.05 bits per heavy atom. The molecule has 0 bridgehead atoms. The molecule has 0 amide bonds. The molecule has 114 valence electrons. The topological polar surface area (TPSA) is 68.8 Å². The molecule has 0 aliphatic carbocycles. The molecule has 2 heterocycles. The van der Waals surface area contributed by atoms with Gasteiger partial charge in [0.1, 0.15) is 0 Å². The molecule has 6 heteroatoms. The Hall–Kier alpha value is -2.18. The summed E-state index contributed by atoms with van der Waals surface area (Å²) in [6.07, 6.45) is 2.69. The van der Waals surface area contributed by atoms with Crippen molar-refractivity contribution in [3.8, 4) is 10.6 Å². The maximum absolute atomic E-state index is 5.91. The lowest BCUT2D eigenvalue weighted by Crippen LogP contribution is -2.30. The van der Waals surface area contributed by atoms with Crippen LogP contribution in [0.15, 0.2) is 48.7 Å². The number of nitrogens with one attached hydrogen (secondary N) is 1. The lowest BCUT2D eigenvalue weighted by molar-refractivity contribution is 0.721. The highest BCUT2D eigenvalue weighted by molar-refractivity contribution is 7.19. The predicted molar refractivity (Wildman–Crippen MR) is 90.9 cm³/mol. The molecule has 0 saturated carbocycles. The van der Waals surface area contributed by atoms with E-state index in [0.717, 1.165) is 22.0 Å². The number of hydrogen-bond acceptors (Lipinski definition) is 5. The van der Waals surface area contributed by atoms with Gasteiger partial charge in [0.15, 0.2) is 0 Å². The minimum atomic E-state index is 0.221. The molecule has 3 rings (SSSR count). The van der Waals surface area contributed by atoms with Gasteiger partial charge < -0.3 is 11.1 Å². The summed E-state index contributed by atoms with van der Waals surface area (Å²) in [5.74, 6) is 0. The zero-order valence-corrected chi connectivity index (χ0v) is 13.3. The van der Waals surface area contributed by atoms with Crippen molar-refractivity contribution >= 4 is 16.3 Å². The molecular weight excluding hydrogens is 294 g/mol. The van der Waals surface area contributed by atoms with E-state index in [4.69, 9.17) is 5.73 Å². The second kappa shape index (κ2) is 6.72. The molecule has 0 spiro atoms. The average Bonchev–Trinajstić information content (AvgIpc) is 3.16.